The molecule has 9 nitrogen and oxygen atoms in total. The molecule has 5 heterocycles. The summed E-state index contributed by atoms with van der Waals surface area (Å²) in [6, 6.07) is 10.4. The molecule has 5 aromatic rings. The number of nitrogens with one attached hydrogen (secondary N) is 1. The van der Waals surface area contributed by atoms with Crippen LogP contribution in [0.5, 0.6) is 0 Å². The van der Waals surface area contributed by atoms with Crippen LogP contribution in [0.3, 0.4) is 0 Å². The van der Waals surface area contributed by atoms with E-state index in [4.69, 9.17) is 19.8 Å². The average molecular weight is 467 g/mol. The normalized spacial score (nSPS) is 14.5. The highest BCUT2D eigenvalue weighted by atomic mass is 16.5. The Morgan fingerprint density at radius 1 is 1.09 bits per heavy atom. The molecule has 0 unspecified atom stereocenters. The summed E-state index contributed by atoms with van der Waals surface area (Å²) in [6.45, 7) is 7.70. The van der Waals surface area contributed by atoms with Gasteiger partial charge in [-0.05, 0) is 37.1 Å². The number of benzene rings is 1. The van der Waals surface area contributed by atoms with Crippen LogP contribution in [0.15, 0.2) is 53.9 Å². The predicted octanol–water partition coefficient (Wildman–Crippen LogP) is 3.74. The molecule has 0 radical (unpaired) electrons. The lowest BCUT2D eigenvalue weighted by Crippen LogP contribution is -2.37. The molecule has 9 heteroatoms. The molecule has 0 atom stereocenters. The first-order valence-electron chi connectivity index (χ1n) is 11.7. The SMILES string of the molecule is Cc1[nH]c2ccc(C=NCc3cc(N4CCOCC4)n4nc(-c5cnccn5)cc4n3)cc2c1C. The molecule has 1 N–H and O–H groups in total. The minimum Gasteiger partial charge on any atom is -0.378 e. The molecule has 0 bridgehead atoms. The maximum Gasteiger partial charge on any atom is 0.158 e. The molecule has 0 aliphatic carbocycles. The maximum absolute atomic E-state index is 5.56. The number of aromatic nitrogens is 6. The van der Waals surface area contributed by atoms with Crippen molar-refractivity contribution in [1.29, 1.82) is 0 Å². The highest BCUT2D eigenvalue weighted by Gasteiger charge is 2.18. The summed E-state index contributed by atoms with van der Waals surface area (Å²) < 4.78 is 7.44. The Labute approximate surface area is 202 Å². The van der Waals surface area contributed by atoms with Gasteiger partial charge in [0.1, 0.15) is 17.2 Å². The number of ether oxygens (including phenoxy) is 1. The van der Waals surface area contributed by atoms with Crippen molar-refractivity contribution in [2.75, 3.05) is 31.2 Å². The van der Waals surface area contributed by atoms with Gasteiger partial charge in [-0.2, -0.15) is 9.61 Å². The third-order valence-corrected chi connectivity index (χ3v) is 6.45. The van der Waals surface area contributed by atoms with Crippen molar-refractivity contribution in [3.63, 3.8) is 0 Å². The first-order chi connectivity index (χ1) is 17.2. The highest BCUT2D eigenvalue weighted by Crippen LogP contribution is 2.24. The van der Waals surface area contributed by atoms with Gasteiger partial charge in [0.25, 0.3) is 0 Å². The molecule has 1 fully saturated rings. The molecule has 0 spiro atoms. The first kappa shape index (κ1) is 21.4. The minimum absolute atomic E-state index is 0.475. The maximum atomic E-state index is 5.56. The molecular formula is C26H26N8O. The smallest absolute Gasteiger partial charge is 0.158 e. The number of hydrogen-bond donors (Lipinski definition) is 1. The van der Waals surface area contributed by atoms with E-state index in [1.165, 1.54) is 16.6 Å². The van der Waals surface area contributed by atoms with Gasteiger partial charge in [-0.3, -0.25) is 15.0 Å². The lowest BCUT2D eigenvalue weighted by atomic mass is 10.1. The second-order valence-electron chi connectivity index (χ2n) is 8.75. The second kappa shape index (κ2) is 8.92. The number of morpholine rings is 1. The monoisotopic (exact) mass is 466 g/mol. The molecule has 0 amide bonds. The average Bonchev–Trinajstić information content (AvgIpc) is 3.45. The summed E-state index contributed by atoms with van der Waals surface area (Å²) in [4.78, 5) is 23.8. The standard InChI is InChI=1S/C26H26N8O/c1-17-18(2)30-22-4-3-19(11-21(17)22)14-28-15-20-12-26(33-7-9-35-10-8-33)34-25(31-20)13-23(32-34)24-16-27-5-6-29-24/h3-6,11-14,16,30H,7-10,15H2,1-2H3. The Morgan fingerprint density at radius 2 is 1.97 bits per heavy atom. The van der Waals surface area contributed by atoms with E-state index in [0.29, 0.717) is 19.8 Å². The highest BCUT2D eigenvalue weighted by molar-refractivity contribution is 5.91. The molecule has 1 aliphatic rings. The Hall–Kier alpha value is -4.11. The van der Waals surface area contributed by atoms with Gasteiger partial charge in [-0.15, -0.1) is 0 Å². The van der Waals surface area contributed by atoms with Crippen molar-refractivity contribution in [1.82, 2.24) is 29.5 Å². The van der Waals surface area contributed by atoms with Crippen LogP contribution in [0.25, 0.3) is 27.9 Å². The van der Waals surface area contributed by atoms with Crippen molar-refractivity contribution >= 4 is 28.6 Å². The number of aromatic amines is 1. The van der Waals surface area contributed by atoms with Gasteiger partial charge < -0.3 is 14.6 Å². The van der Waals surface area contributed by atoms with Crippen molar-refractivity contribution in [2.24, 2.45) is 4.99 Å². The lowest BCUT2D eigenvalue weighted by molar-refractivity contribution is 0.122. The number of aliphatic imine (C=N–C) groups is 1. The Balaban J connectivity index is 1.33. The number of anilines is 1. The fraction of sp³-hybridized carbons (Fsp3) is 0.269. The molecule has 1 saturated heterocycles. The van der Waals surface area contributed by atoms with E-state index in [1.807, 2.05) is 16.8 Å². The van der Waals surface area contributed by atoms with E-state index in [0.717, 1.165) is 52.7 Å². The van der Waals surface area contributed by atoms with Gasteiger partial charge in [0.15, 0.2) is 5.65 Å². The molecule has 176 valence electrons. The lowest BCUT2D eigenvalue weighted by Gasteiger charge is -2.29. The van der Waals surface area contributed by atoms with Gasteiger partial charge in [-0.1, -0.05) is 6.07 Å². The van der Waals surface area contributed by atoms with Crippen LogP contribution in [0.1, 0.15) is 22.5 Å². The Bertz CT molecular complexity index is 1530. The summed E-state index contributed by atoms with van der Waals surface area (Å²) in [6.07, 6.45) is 6.96. The molecule has 6 rings (SSSR count). The topological polar surface area (TPSA) is 96.6 Å². The quantitative estimate of drug-likeness (QED) is 0.397. The van der Waals surface area contributed by atoms with Crippen molar-refractivity contribution in [2.45, 2.75) is 20.4 Å². The second-order valence-corrected chi connectivity index (χ2v) is 8.75. The molecule has 4 aromatic heterocycles. The number of rotatable bonds is 5. The van der Waals surface area contributed by atoms with Crippen molar-refractivity contribution < 1.29 is 4.74 Å². The van der Waals surface area contributed by atoms with Gasteiger partial charge >= 0.3 is 0 Å². The van der Waals surface area contributed by atoms with E-state index in [1.54, 1.807) is 18.6 Å². The largest absolute Gasteiger partial charge is 0.378 e. The summed E-state index contributed by atoms with van der Waals surface area (Å²) in [5.74, 6) is 0.985. The zero-order chi connectivity index (χ0) is 23.8. The Morgan fingerprint density at radius 3 is 2.80 bits per heavy atom. The number of hydrogen-bond acceptors (Lipinski definition) is 7. The zero-order valence-corrected chi connectivity index (χ0v) is 19.8. The summed E-state index contributed by atoms with van der Waals surface area (Å²) in [5.41, 5.74) is 7.81. The Kier molecular flexibility index (Phi) is 5.46. The molecule has 35 heavy (non-hydrogen) atoms. The fourth-order valence-corrected chi connectivity index (χ4v) is 4.47. The van der Waals surface area contributed by atoms with E-state index < -0.39 is 0 Å². The van der Waals surface area contributed by atoms with Crippen LogP contribution in [-0.2, 0) is 11.3 Å². The van der Waals surface area contributed by atoms with Gasteiger partial charge in [0.2, 0.25) is 0 Å². The van der Waals surface area contributed by atoms with E-state index in [9.17, 15) is 0 Å². The van der Waals surface area contributed by atoms with Crippen LogP contribution in [-0.4, -0.2) is 62.1 Å². The number of aryl methyl sites for hydroxylation is 2. The van der Waals surface area contributed by atoms with Crippen molar-refractivity contribution in [3.05, 3.63) is 71.4 Å². The molecular weight excluding hydrogens is 440 g/mol. The summed E-state index contributed by atoms with van der Waals surface area (Å²) in [7, 11) is 0. The molecule has 1 aromatic carbocycles. The van der Waals surface area contributed by atoms with Crippen molar-refractivity contribution in [3.8, 4) is 11.4 Å². The third-order valence-electron chi connectivity index (χ3n) is 6.45. The van der Waals surface area contributed by atoms with Gasteiger partial charge in [-0.25, -0.2) is 4.98 Å². The fourth-order valence-electron chi connectivity index (χ4n) is 4.47. The number of nitrogens with zero attached hydrogens (tertiary/aromatic N) is 7. The molecule has 0 saturated carbocycles. The van der Waals surface area contributed by atoms with Gasteiger partial charge in [0, 0.05) is 60.4 Å². The van der Waals surface area contributed by atoms with Gasteiger partial charge in [0.05, 0.1) is 31.6 Å². The summed E-state index contributed by atoms with van der Waals surface area (Å²) >= 11 is 0. The number of fused-ring (bicyclic) bond motifs is 2. The first-order valence-corrected chi connectivity index (χ1v) is 11.7. The van der Waals surface area contributed by atoms with Crippen LogP contribution < -0.4 is 4.90 Å². The van der Waals surface area contributed by atoms with Crippen LogP contribution in [0, 0.1) is 13.8 Å². The van der Waals surface area contributed by atoms with Crippen LogP contribution >= 0.6 is 0 Å². The minimum atomic E-state index is 0.475. The van der Waals surface area contributed by atoms with E-state index in [2.05, 4.69) is 58.0 Å². The third kappa shape index (κ3) is 4.15. The summed E-state index contributed by atoms with van der Waals surface area (Å²) in [5, 5.41) is 6.03. The molecule has 1 aliphatic heterocycles. The number of H-pyrrole nitrogens is 1. The zero-order valence-electron chi connectivity index (χ0n) is 19.8. The van der Waals surface area contributed by atoms with E-state index in [-0.39, 0.29) is 0 Å². The van der Waals surface area contributed by atoms with Crippen LogP contribution in [0.4, 0.5) is 5.82 Å². The predicted molar refractivity (Wildman–Crippen MR) is 136 cm³/mol. The van der Waals surface area contributed by atoms with E-state index >= 15 is 0 Å². The van der Waals surface area contributed by atoms with Crippen LogP contribution in [0.2, 0.25) is 0 Å².